The van der Waals surface area contributed by atoms with Crippen molar-refractivity contribution in [1.82, 2.24) is 5.32 Å². The van der Waals surface area contributed by atoms with E-state index in [1.54, 1.807) is 12.1 Å². The molecule has 154 valence electrons. The highest BCUT2D eigenvalue weighted by Gasteiger charge is 2.42. The minimum atomic E-state index is -4.20. The van der Waals surface area contributed by atoms with Gasteiger partial charge in [-0.1, -0.05) is 0 Å². The molecule has 0 saturated heterocycles. The molecule has 6 nitrogen and oxygen atoms in total. The molecule has 1 amide bonds. The zero-order valence-electron chi connectivity index (χ0n) is 16.0. The molecule has 0 aromatic heterocycles. The maximum Gasteiger partial charge on any atom is 0.264 e. The van der Waals surface area contributed by atoms with E-state index in [2.05, 4.69) is 10.0 Å². The molecule has 8 heteroatoms. The standard InChI is InChI=1S/C21H23FN2O4S/c1-28-17-9-7-16(8-10-17)24-29(26,27)19-12-15(6-11-18(19)22)21(25)23-20(13-2-3-13)14-4-5-14/h6-14,20,24H,2-5H2,1H3,(H,23,25). The minimum absolute atomic E-state index is 0.130. The van der Waals surface area contributed by atoms with Crippen LogP contribution in [0.2, 0.25) is 0 Å². The second-order valence-electron chi connectivity index (χ2n) is 7.65. The Kier molecular flexibility index (Phi) is 5.21. The molecule has 2 fully saturated rings. The van der Waals surface area contributed by atoms with Crippen LogP contribution in [0.15, 0.2) is 47.4 Å². The normalized spacial score (nSPS) is 16.5. The van der Waals surface area contributed by atoms with Gasteiger partial charge in [-0.05, 0) is 80.0 Å². The van der Waals surface area contributed by atoms with Crippen LogP contribution in [-0.2, 0) is 10.0 Å². The number of halogens is 1. The van der Waals surface area contributed by atoms with Gasteiger partial charge in [0.05, 0.1) is 7.11 Å². The summed E-state index contributed by atoms with van der Waals surface area (Å²) < 4.78 is 47.1. The van der Waals surface area contributed by atoms with Crippen LogP contribution in [0, 0.1) is 17.7 Å². The molecule has 0 aliphatic heterocycles. The summed E-state index contributed by atoms with van der Waals surface area (Å²) in [4.78, 5) is 12.1. The van der Waals surface area contributed by atoms with Crippen molar-refractivity contribution in [2.75, 3.05) is 11.8 Å². The smallest absolute Gasteiger partial charge is 0.264 e. The van der Waals surface area contributed by atoms with Gasteiger partial charge in [-0.15, -0.1) is 0 Å². The Balaban J connectivity index is 1.54. The number of benzene rings is 2. The average Bonchev–Trinajstić information content (AvgIpc) is 3.60. The van der Waals surface area contributed by atoms with Gasteiger partial charge in [0, 0.05) is 17.3 Å². The van der Waals surface area contributed by atoms with E-state index in [1.165, 1.54) is 25.3 Å². The molecular formula is C21H23FN2O4S. The molecule has 0 bridgehead atoms. The molecule has 0 radical (unpaired) electrons. The largest absolute Gasteiger partial charge is 0.497 e. The average molecular weight is 418 g/mol. The van der Waals surface area contributed by atoms with E-state index in [9.17, 15) is 17.6 Å². The van der Waals surface area contributed by atoms with Crippen molar-refractivity contribution in [3.63, 3.8) is 0 Å². The second kappa shape index (κ2) is 7.67. The highest BCUT2D eigenvalue weighted by Crippen LogP contribution is 2.44. The van der Waals surface area contributed by atoms with Gasteiger partial charge in [-0.3, -0.25) is 9.52 Å². The Hall–Kier alpha value is -2.61. The van der Waals surface area contributed by atoms with Crippen LogP contribution in [0.4, 0.5) is 10.1 Å². The van der Waals surface area contributed by atoms with E-state index in [0.717, 1.165) is 37.8 Å². The van der Waals surface area contributed by atoms with Crippen molar-refractivity contribution in [2.24, 2.45) is 11.8 Å². The first-order chi connectivity index (χ1) is 13.9. The first-order valence-electron chi connectivity index (χ1n) is 9.64. The lowest BCUT2D eigenvalue weighted by atomic mass is 10.1. The SMILES string of the molecule is COc1ccc(NS(=O)(=O)c2cc(C(=O)NC(C3CC3)C3CC3)ccc2F)cc1. The summed E-state index contributed by atoms with van der Waals surface area (Å²) in [5, 5.41) is 3.03. The lowest BCUT2D eigenvalue weighted by Gasteiger charge is -2.18. The Morgan fingerprint density at radius 1 is 1.07 bits per heavy atom. The number of methoxy groups -OCH3 is 1. The number of nitrogens with one attached hydrogen (secondary N) is 2. The number of hydrogen-bond acceptors (Lipinski definition) is 4. The van der Waals surface area contributed by atoms with Crippen LogP contribution in [0.5, 0.6) is 5.75 Å². The summed E-state index contributed by atoms with van der Waals surface area (Å²) in [6.45, 7) is 0. The van der Waals surface area contributed by atoms with Gasteiger partial charge >= 0.3 is 0 Å². The summed E-state index contributed by atoms with van der Waals surface area (Å²) in [7, 11) is -2.70. The van der Waals surface area contributed by atoms with Crippen molar-refractivity contribution in [2.45, 2.75) is 36.6 Å². The molecule has 4 rings (SSSR count). The number of hydrogen-bond donors (Lipinski definition) is 2. The van der Waals surface area contributed by atoms with Crippen LogP contribution in [0.3, 0.4) is 0 Å². The molecule has 2 aliphatic rings. The number of amides is 1. The Morgan fingerprint density at radius 2 is 1.69 bits per heavy atom. The van der Waals surface area contributed by atoms with Gasteiger partial charge in [-0.2, -0.15) is 0 Å². The van der Waals surface area contributed by atoms with Crippen molar-refractivity contribution < 1.29 is 22.3 Å². The molecule has 2 aromatic carbocycles. The number of anilines is 1. The molecular weight excluding hydrogens is 395 g/mol. The van der Waals surface area contributed by atoms with Crippen molar-refractivity contribution >= 4 is 21.6 Å². The molecule has 2 saturated carbocycles. The molecule has 0 atom stereocenters. The monoisotopic (exact) mass is 418 g/mol. The van der Waals surface area contributed by atoms with Gasteiger partial charge in [0.15, 0.2) is 0 Å². The van der Waals surface area contributed by atoms with E-state index in [0.29, 0.717) is 17.6 Å². The molecule has 29 heavy (non-hydrogen) atoms. The molecule has 0 spiro atoms. The fraction of sp³-hybridized carbons (Fsp3) is 0.381. The molecule has 0 unspecified atom stereocenters. The van der Waals surface area contributed by atoms with Gasteiger partial charge in [0.1, 0.15) is 16.5 Å². The van der Waals surface area contributed by atoms with E-state index in [1.807, 2.05) is 0 Å². The molecule has 2 aliphatic carbocycles. The lowest BCUT2D eigenvalue weighted by Crippen LogP contribution is -2.38. The number of ether oxygens (including phenoxy) is 1. The van der Waals surface area contributed by atoms with Crippen molar-refractivity contribution in [3.05, 3.63) is 53.8 Å². The van der Waals surface area contributed by atoms with Crippen LogP contribution in [-0.4, -0.2) is 27.5 Å². The summed E-state index contributed by atoms with van der Waals surface area (Å²) in [6.07, 6.45) is 4.43. The Bertz CT molecular complexity index is 1000. The fourth-order valence-corrected chi connectivity index (χ4v) is 4.65. The van der Waals surface area contributed by atoms with E-state index in [-0.39, 0.29) is 23.2 Å². The second-order valence-corrected chi connectivity index (χ2v) is 9.30. The predicted molar refractivity (Wildman–Crippen MR) is 107 cm³/mol. The van der Waals surface area contributed by atoms with E-state index >= 15 is 0 Å². The van der Waals surface area contributed by atoms with Gasteiger partial charge < -0.3 is 10.1 Å². The third kappa shape index (κ3) is 4.53. The number of rotatable bonds is 8. The summed E-state index contributed by atoms with van der Waals surface area (Å²) in [6, 6.07) is 9.76. The van der Waals surface area contributed by atoms with Gasteiger partial charge in [0.2, 0.25) is 0 Å². The highest BCUT2D eigenvalue weighted by molar-refractivity contribution is 7.92. The maximum absolute atomic E-state index is 14.3. The first-order valence-corrected chi connectivity index (χ1v) is 11.1. The van der Waals surface area contributed by atoms with E-state index in [4.69, 9.17) is 4.74 Å². The molecule has 0 heterocycles. The van der Waals surface area contributed by atoms with Crippen LogP contribution >= 0.6 is 0 Å². The number of carbonyl (C=O) groups is 1. The number of carbonyl (C=O) groups excluding carboxylic acids is 1. The summed E-state index contributed by atoms with van der Waals surface area (Å²) >= 11 is 0. The molecule has 2 aromatic rings. The lowest BCUT2D eigenvalue weighted by molar-refractivity contribution is 0.0926. The molecule has 2 N–H and O–H groups in total. The van der Waals surface area contributed by atoms with Crippen LogP contribution in [0.25, 0.3) is 0 Å². The van der Waals surface area contributed by atoms with Gasteiger partial charge in [-0.25, -0.2) is 12.8 Å². The van der Waals surface area contributed by atoms with Crippen LogP contribution in [0.1, 0.15) is 36.0 Å². The van der Waals surface area contributed by atoms with Gasteiger partial charge in [0.25, 0.3) is 15.9 Å². The van der Waals surface area contributed by atoms with Crippen molar-refractivity contribution in [1.29, 1.82) is 0 Å². The first kappa shape index (κ1) is 19.7. The summed E-state index contributed by atoms with van der Waals surface area (Å²) in [5.41, 5.74) is 0.399. The fourth-order valence-electron chi connectivity index (χ4n) is 3.49. The highest BCUT2D eigenvalue weighted by atomic mass is 32.2. The predicted octanol–water partition coefficient (Wildman–Crippen LogP) is 3.55. The zero-order chi connectivity index (χ0) is 20.6. The Morgan fingerprint density at radius 3 is 2.24 bits per heavy atom. The van der Waals surface area contributed by atoms with Crippen molar-refractivity contribution in [3.8, 4) is 5.75 Å². The quantitative estimate of drug-likeness (QED) is 0.687. The number of sulfonamides is 1. The zero-order valence-corrected chi connectivity index (χ0v) is 16.8. The minimum Gasteiger partial charge on any atom is -0.497 e. The van der Waals surface area contributed by atoms with E-state index < -0.39 is 20.7 Å². The maximum atomic E-state index is 14.3. The topological polar surface area (TPSA) is 84.5 Å². The summed E-state index contributed by atoms with van der Waals surface area (Å²) in [5.74, 6) is 0.301. The third-order valence-corrected chi connectivity index (χ3v) is 6.78. The van der Waals surface area contributed by atoms with Crippen LogP contribution < -0.4 is 14.8 Å². The Labute approximate surface area is 169 Å². The third-order valence-electron chi connectivity index (χ3n) is 5.38.